The number of hydrogen-bond donors (Lipinski definition) is 8. The molecule has 0 radical (unpaired) electrons. The van der Waals surface area contributed by atoms with E-state index in [9.17, 15) is 33.9 Å². The molecule has 1 aliphatic heterocycles. The van der Waals surface area contributed by atoms with Gasteiger partial charge in [0.25, 0.3) is 5.91 Å². The molecule has 0 unspecified atom stereocenters. The minimum absolute atomic E-state index is 0.0364. The molecule has 1 aromatic carbocycles. The highest BCUT2D eigenvalue weighted by Gasteiger charge is 2.33. The summed E-state index contributed by atoms with van der Waals surface area (Å²) in [6.45, 7) is 9.88. The number of carboxylic acid groups (broad SMARTS) is 1. The van der Waals surface area contributed by atoms with E-state index in [0.717, 1.165) is 4.88 Å². The summed E-state index contributed by atoms with van der Waals surface area (Å²) in [6, 6.07) is 9.37. The standard InChI is InChI=1S/C55H57N13O10S6/c1-25(2)30-17-37(69)43-27(4)83-52(68-43)33(18-40(70)57-5)60-47(73)35-22-79-48(62-35)29-14-15-32(50-64-39(24-82-50)65-55(76)78-16-10-13-31(56)54(74)75)59-44(29)34-21-80-51(61-34)36-23-81-53(63-36)45(46(72)28-11-8-7-9-12-28)66-41(71)19-58-26(3)42-38(20-77-6)84-49(30)67-42/h7-9,11-12,14-15,21-25,30-31,33,45-46,58,72H,3,10,13,16-20,56H2,1-2,4-6H3,(H,57,70)(H,60,73)(H,65,76)(H,66,71)(H,74,75)/t30-,31+,33+,45+,46+/m1/s1. The number of pyridine rings is 1. The van der Waals surface area contributed by atoms with Crippen LogP contribution in [0, 0.1) is 12.8 Å². The topological polar surface area (TPSA) is 338 Å². The summed E-state index contributed by atoms with van der Waals surface area (Å²) < 4.78 is 10.8. The van der Waals surface area contributed by atoms with Gasteiger partial charge in [0.15, 0.2) is 5.78 Å². The summed E-state index contributed by atoms with van der Waals surface area (Å²) >= 11 is 7.46. The Morgan fingerprint density at radius 3 is 2.27 bits per heavy atom. The third-order valence-electron chi connectivity index (χ3n) is 13.2. The third-order valence-corrected chi connectivity index (χ3v) is 18.9. The fraction of sp³-hybridized carbons (Fsp3) is 0.327. The summed E-state index contributed by atoms with van der Waals surface area (Å²) in [5.41, 5.74) is 9.29. The van der Waals surface area contributed by atoms with Crippen molar-refractivity contribution in [1.29, 1.82) is 0 Å². The van der Waals surface area contributed by atoms with E-state index >= 15 is 0 Å². The molecule has 23 nitrogen and oxygen atoms in total. The number of aromatic nitrogens is 7. The van der Waals surface area contributed by atoms with Crippen molar-refractivity contribution >= 4 is 115 Å². The molecule has 9 N–H and O–H groups in total. The summed E-state index contributed by atoms with van der Waals surface area (Å²) in [6.07, 6.45) is -1.81. The van der Waals surface area contributed by atoms with Crippen molar-refractivity contribution in [1.82, 2.24) is 56.2 Å². The van der Waals surface area contributed by atoms with Crippen LogP contribution in [0.4, 0.5) is 10.6 Å². The van der Waals surface area contributed by atoms with E-state index in [-0.39, 0.29) is 86.2 Å². The first kappa shape index (κ1) is 61.0. The van der Waals surface area contributed by atoms with Crippen molar-refractivity contribution < 1.29 is 48.5 Å². The number of benzene rings is 1. The van der Waals surface area contributed by atoms with Crippen LogP contribution < -0.4 is 32.3 Å². The number of Topliss-reactive ketones (excluding diaryl/α,β-unsaturated/α-hetero) is 1. The molecule has 8 aromatic rings. The molecule has 0 aliphatic carbocycles. The number of aliphatic hydroxyl groups is 1. The molecule has 0 spiro atoms. The number of amides is 4. The average molecular weight is 1250 g/mol. The number of aryl methyl sites for hydroxylation is 1. The number of thiazole rings is 6. The van der Waals surface area contributed by atoms with Gasteiger partial charge >= 0.3 is 12.1 Å². The van der Waals surface area contributed by atoms with Crippen molar-refractivity contribution in [2.24, 2.45) is 11.7 Å². The van der Waals surface area contributed by atoms with Crippen LogP contribution in [0.15, 0.2) is 70.6 Å². The van der Waals surface area contributed by atoms with Gasteiger partial charge in [0.2, 0.25) is 11.8 Å². The predicted octanol–water partition coefficient (Wildman–Crippen LogP) is 8.77. The molecule has 84 heavy (non-hydrogen) atoms. The lowest BCUT2D eigenvalue weighted by Crippen LogP contribution is -2.38. The molecule has 9 rings (SSSR count). The van der Waals surface area contributed by atoms with Gasteiger partial charge in [-0.25, -0.2) is 39.7 Å². The van der Waals surface area contributed by atoms with E-state index < -0.39 is 48.1 Å². The smallest absolute Gasteiger partial charge is 0.412 e. The Balaban J connectivity index is 1.09. The Hall–Kier alpha value is -7.61. The van der Waals surface area contributed by atoms with Crippen LogP contribution >= 0.6 is 68.0 Å². The van der Waals surface area contributed by atoms with Gasteiger partial charge in [0.1, 0.15) is 83.2 Å². The number of hydrogen-bond acceptors (Lipinski definition) is 24. The van der Waals surface area contributed by atoms with Gasteiger partial charge in [-0.15, -0.1) is 68.0 Å². The highest BCUT2D eigenvalue weighted by molar-refractivity contribution is 7.15. The van der Waals surface area contributed by atoms with E-state index in [1.165, 1.54) is 75.1 Å². The molecule has 5 atom stereocenters. The number of aliphatic hydroxyl groups excluding tert-OH is 1. The van der Waals surface area contributed by atoms with E-state index in [1.807, 2.05) is 19.9 Å². The first-order valence-electron chi connectivity index (χ1n) is 26.1. The lowest BCUT2D eigenvalue weighted by molar-refractivity contribution is -0.138. The second-order valence-corrected chi connectivity index (χ2v) is 25.3. The molecule has 4 amide bonds. The van der Waals surface area contributed by atoms with Crippen molar-refractivity contribution in [3.8, 4) is 43.4 Å². The summed E-state index contributed by atoms with van der Waals surface area (Å²) in [5.74, 6) is -3.10. The van der Waals surface area contributed by atoms with Crippen LogP contribution in [-0.2, 0) is 30.5 Å². The maximum absolute atomic E-state index is 14.4. The van der Waals surface area contributed by atoms with Crippen LogP contribution in [0.5, 0.6) is 0 Å². The van der Waals surface area contributed by atoms with Gasteiger partial charge < -0.3 is 46.7 Å². The number of rotatable bonds is 14. The number of anilines is 1. The summed E-state index contributed by atoms with van der Waals surface area (Å²) in [5, 5.41) is 44.7. The number of ether oxygens (including phenoxy) is 2. The Bertz CT molecular complexity index is 3720. The lowest BCUT2D eigenvalue weighted by atomic mass is 9.90. The van der Waals surface area contributed by atoms with Gasteiger partial charge in [0.05, 0.1) is 53.5 Å². The van der Waals surface area contributed by atoms with Crippen LogP contribution in [-0.4, -0.2) is 114 Å². The number of fused-ring (bicyclic) bond motifs is 14. The minimum atomic E-state index is -1.22. The maximum Gasteiger partial charge on any atom is 0.412 e. The first-order valence-corrected chi connectivity index (χ1v) is 31.3. The predicted molar refractivity (Wildman–Crippen MR) is 323 cm³/mol. The number of carboxylic acids is 1. The van der Waals surface area contributed by atoms with Gasteiger partial charge in [-0.2, -0.15) is 0 Å². The number of nitrogens with two attached hydrogens (primary N) is 1. The molecule has 0 saturated heterocycles. The number of nitrogens with zero attached hydrogens (tertiary/aromatic N) is 7. The molecule has 29 heteroatoms. The first-order chi connectivity index (χ1) is 40.4. The maximum atomic E-state index is 14.4. The van der Waals surface area contributed by atoms with E-state index in [0.29, 0.717) is 80.2 Å². The molecule has 438 valence electrons. The van der Waals surface area contributed by atoms with Gasteiger partial charge in [-0.1, -0.05) is 50.8 Å². The Labute approximate surface area is 505 Å². The highest BCUT2D eigenvalue weighted by Crippen LogP contribution is 2.41. The van der Waals surface area contributed by atoms with Crippen LogP contribution in [0.2, 0.25) is 0 Å². The molecule has 1 aliphatic rings. The van der Waals surface area contributed by atoms with Crippen LogP contribution in [0.3, 0.4) is 0 Å². The number of aliphatic carboxylic acids is 1. The Morgan fingerprint density at radius 2 is 1.52 bits per heavy atom. The monoisotopic (exact) mass is 1250 g/mol. The molecular formula is C55H57N13O10S6. The molecule has 0 saturated carbocycles. The fourth-order valence-electron chi connectivity index (χ4n) is 8.71. The second-order valence-electron chi connectivity index (χ2n) is 19.5. The van der Waals surface area contributed by atoms with Gasteiger partial charge in [-0.05, 0) is 43.4 Å². The van der Waals surface area contributed by atoms with Crippen molar-refractivity contribution in [2.45, 2.75) is 83.2 Å². The number of nitrogens with one attached hydrogen (secondary N) is 5. The largest absolute Gasteiger partial charge is 0.480 e. The SMILES string of the molecule is C=C1NCC(=O)N[C@@H]([C@@H](O)c2ccccc2)c2nc(cs2)-c2nc(cs2)-c2nc(-c3nc(NC(=O)OCCC[C@H](N)C(=O)O)cs3)ccc2-c2nc(cs2)C(=O)N[C@@H](CC(=O)NC)c2nc(c(C)s2)C(=O)C[C@H](C(C)C)c2nc1c(COC)s2. The molecule has 0 fully saturated rings. The van der Waals surface area contributed by atoms with E-state index in [2.05, 4.69) is 38.1 Å². The fourth-order valence-corrected chi connectivity index (χ4v) is 14.3. The summed E-state index contributed by atoms with van der Waals surface area (Å²) in [4.78, 5) is 115. The zero-order valence-electron chi connectivity index (χ0n) is 45.8. The zero-order valence-corrected chi connectivity index (χ0v) is 50.7. The normalized spacial score (nSPS) is 16.7. The number of carbonyl (C=O) groups excluding carboxylic acids is 5. The highest BCUT2D eigenvalue weighted by atomic mass is 32.1. The van der Waals surface area contributed by atoms with Gasteiger partial charge in [0, 0.05) is 58.5 Å². The van der Waals surface area contributed by atoms with Crippen molar-refractivity contribution in [2.75, 3.05) is 32.6 Å². The number of carbonyl (C=O) groups is 6. The molecular weight excluding hydrogens is 1200 g/mol. The average Bonchev–Trinajstić information content (AvgIpc) is 4.53. The number of methoxy groups -OCH3 is 1. The Morgan fingerprint density at radius 1 is 0.810 bits per heavy atom. The lowest BCUT2D eigenvalue weighted by Gasteiger charge is -2.23. The minimum Gasteiger partial charge on any atom is -0.480 e. The molecule has 10 bridgehead atoms. The summed E-state index contributed by atoms with van der Waals surface area (Å²) in [7, 11) is 3.05. The van der Waals surface area contributed by atoms with E-state index in [1.54, 1.807) is 72.0 Å². The quantitative estimate of drug-likeness (QED) is 0.0471. The van der Waals surface area contributed by atoms with Crippen LogP contribution in [0.25, 0.3) is 49.1 Å². The number of ketones is 1. The zero-order chi connectivity index (χ0) is 59.8. The molecule has 7 aromatic heterocycles. The third kappa shape index (κ3) is 14.5. The Kier molecular flexibility index (Phi) is 19.9. The molecule has 8 heterocycles. The van der Waals surface area contributed by atoms with Gasteiger partial charge in [-0.3, -0.25) is 29.3 Å². The van der Waals surface area contributed by atoms with Crippen molar-refractivity contribution in [3.63, 3.8) is 0 Å². The second kappa shape index (κ2) is 27.4. The van der Waals surface area contributed by atoms with E-state index in [4.69, 9.17) is 50.2 Å². The van der Waals surface area contributed by atoms with Crippen molar-refractivity contribution in [3.05, 3.63) is 118 Å². The van der Waals surface area contributed by atoms with Crippen LogP contribution in [0.1, 0.15) is 121 Å².